The Morgan fingerprint density at radius 3 is 2.60 bits per heavy atom. The van der Waals surface area contributed by atoms with Crippen LogP contribution >= 0.6 is 0 Å². The summed E-state index contributed by atoms with van der Waals surface area (Å²) >= 11 is 0. The third-order valence-electron chi connectivity index (χ3n) is 4.44. The van der Waals surface area contributed by atoms with Gasteiger partial charge in [-0.05, 0) is 30.2 Å². The van der Waals surface area contributed by atoms with Gasteiger partial charge in [0.1, 0.15) is 11.4 Å². The van der Waals surface area contributed by atoms with Crippen LogP contribution in [0.4, 0.5) is 0 Å². The molecule has 0 radical (unpaired) electrons. The lowest BCUT2D eigenvalue weighted by molar-refractivity contribution is 0.0755. The smallest absolute Gasteiger partial charge is 0.270 e. The van der Waals surface area contributed by atoms with Gasteiger partial charge in [0.2, 0.25) is 5.56 Å². The molecule has 0 spiro atoms. The Labute approximate surface area is 147 Å². The average Bonchev–Trinajstić information content (AvgIpc) is 2.87. The number of pyridine rings is 1. The minimum Gasteiger partial charge on any atom is -0.497 e. The van der Waals surface area contributed by atoms with Gasteiger partial charge in [-0.1, -0.05) is 18.2 Å². The van der Waals surface area contributed by atoms with Crippen molar-refractivity contribution < 1.29 is 9.53 Å². The Balaban J connectivity index is 1.59. The van der Waals surface area contributed by atoms with Crippen molar-refractivity contribution in [2.75, 3.05) is 33.3 Å². The number of aromatic nitrogens is 1. The van der Waals surface area contributed by atoms with Crippen LogP contribution in [-0.4, -0.2) is 54.0 Å². The van der Waals surface area contributed by atoms with Crippen LogP contribution in [0.3, 0.4) is 0 Å². The van der Waals surface area contributed by atoms with E-state index in [4.69, 9.17) is 4.74 Å². The molecule has 1 aliphatic rings. The van der Waals surface area contributed by atoms with Gasteiger partial charge >= 0.3 is 0 Å². The number of aromatic amines is 1. The molecule has 1 aromatic carbocycles. The van der Waals surface area contributed by atoms with E-state index in [-0.39, 0.29) is 11.5 Å². The fourth-order valence-electron chi connectivity index (χ4n) is 3.06. The maximum Gasteiger partial charge on any atom is 0.270 e. The second-order valence-corrected chi connectivity index (χ2v) is 6.20. The summed E-state index contributed by atoms with van der Waals surface area (Å²) in [5, 5.41) is 0. The lowest BCUT2D eigenvalue weighted by Gasteiger charge is -2.22. The quantitative estimate of drug-likeness (QED) is 0.920. The summed E-state index contributed by atoms with van der Waals surface area (Å²) in [6, 6.07) is 12.8. The number of hydrogen-bond acceptors (Lipinski definition) is 4. The summed E-state index contributed by atoms with van der Waals surface area (Å²) in [5.74, 6) is 0.747. The Morgan fingerprint density at radius 2 is 1.88 bits per heavy atom. The number of benzene rings is 1. The fraction of sp³-hybridized carbons (Fsp3) is 0.368. The van der Waals surface area contributed by atoms with Crippen LogP contribution in [0.25, 0.3) is 0 Å². The first-order valence-corrected chi connectivity index (χ1v) is 8.49. The van der Waals surface area contributed by atoms with Crippen LogP contribution in [0, 0.1) is 0 Å². The Hall–Kier alpha value is -2.60. The third kappa shape index (κ3) is 4.48. The van der Waals surface area contributed by atoms with E-state index >= 15 is 0 Å². The molecule has 3 rings (SSSR count). The monoisotopic (exact) mass is 341 g/mol. The van der Waals surface area contributed by atoms with Gasteiger partial charge in [-0.15, -0.1) is 0 Å². The fourth-order valence-corrected chi connectivity index (χ4v) is 3.06. The van der Waals surface area contributed by atoms with E-state index in [1.165, 1.54) is 11.6 Å². The van der Waals surface area contributed by atoms with Crippen LogP contribution < -0.4 is 10.3 Å². The molecule has 0 bridgehead atoms. The van der Waals surface area contributed by atoms with Crippen LogP contribution in [-0.2, 0) is 6.54 Å². The molecule has 1 amide bonds. The van der Waals surface area contributed by atoms with Gasteiger partial charge in [-0.25, -0.2) is 0 Å². The van der Waals surface area contributed by atoms with Crippen molar-refractivity contribution >= 4 is 5.91 Å². The maximum atomic E-state index is 12.6. The average molecular weight is 341 g/mol. The summed E-state index contributed by atoms with van der Waals surface area (Å²) in [7, 11) is 1.66. The summed E-state index contributed by atoms with van der Waals surface area (Å²) in [6.07, 6.45) is 0.916. The Morgan fingerprint density at radius 1 is 1.08 bits per heavy atom. The first kappa shape index (κ1) is 17.2. The lowest BCUT2D eigenvalue weighted by atomic mass is 10.2. The molecular weight excluding hydrogens is 318 g/mol. The second-order valence-electron chi connectivity index (χ2n) is 6.20. The molecule has 6 heteroatoms. The van der Waals surface area contributed by atoms with E-state index < -0.39 is 0 Å². The van der Waals surface area contributed by atoms with Gasteiger partial charge in [0, 0.05) is 38.8 Å². The summed E-state index contributed by atoms with van der Waals surface area (Å²) < 4.78 is 5.19. The SMILES string of the molecule is COc1ccc(CN2CCCN(C(=O)c3cccc(=O)[nH]3)CC2)cc1. The van der Waals surface area contributed by atoms with Crippen molar-refractivity contribution in [3.63, 3.8) is 0 Å². The van der Waals surface area contributed by atoms with E-state index in [1.807, 2.05) is 17.0 Å². The van der Waals surface area contributed by atoms with Crippen molar-refractivity contribution in [3.8, 4) is 5.75 Å². The summed E-state index contributed by atoms with van der Waals surface area (Å²) in [4.78, 5) is 30.7. The van der Waals surface area contributed by atoms with Crippen molar-refractivity contribution in [2.45, 2.75) is 13.0 Å². The molecule has 132 valence electrons. The minimum atomic E-state index is -0.248. The zero-order valence-corrected chi connectivity index (χ0v) is 14.4. The number of hydrogen-bond donors (Lipinski definition) is 1. The molecule has 1 fully saturated rings. The first-order valence-electron chi connectivity index (χ1n) is 8.49. The number of amides is 1. The molecule has 0 saturated carbocycles. The molecule has 2 aromatic rings. The van der Waals surface area contributed by atoms with Gasteiger partial charge < -0.3 is 14.6 Å². The van der Waals surface area contributed by atoms with Crippen molar-refractivity contribution in [2.24, 2.45) is 0 Å². The van der Waals surface area contributed by atoms with E-state index in [9.17, 15) is 9.59 Å². The molecule has 0 aliphatic carbocycles. The van der Waals surface area contributed by atoms with Gasteiger partial charge in [0.05, 0.1) is 7.11 Å². The molecule has 6 nitrogen and oxygen atoms in total. The van der Waals surface area contributed by atoms with E-state index in [2.05, 4.69) is 22.0 Å². The zero-order chi connectivity index (χ0) is 17.6. The van der Waals surface area contributed by atoms with E-state index in [1.54, 1.807) is 19.2 Å². The van der Waals surface area contributed by atoms with Crippen molar-refractivity contribution in [1.82, 2.24) is 14.8 Å². The van der Waals surface area contributed by atoms with Gasteiger partial charge in [-0.3, -0.25) is 14.5 Å². The highest BCUT2D eigenvalue weighted by atomic mass is 16.5. The summed E-state index contributed by atoms with van der Waals surface area (Å²) in [5.41, 5.74) is 1.34. The number of H-pyrrole nitrogens is 1. The number of nitrogens with zero attached hydrogens (tertiary/aromatic N) is 2. The highest BCUT2D eigenvalue weighted by molar-refractivity contribution is 5.92. The largest absolute Gasteiger partial charge is 0.497 e. The number of nitrogens with one attached hydrogen (secondary N) is 1. The molecular formula is C19H23N3O3. The summed E-state index contributed by atoms with van der Waals surface area (Å²) in [6.45, 7) is 3.98. The second kappa shape index (κ2) is 7.98. The van der Waals surface area contributed by atoms with Crippen LogP contribution in [0.5, 0.6) is 5.75 Å². The normalized spacial score (nSPS) is 15.6. The third-order valence-corrected chi connectivity index (χ3v) is 4.44. The van der Waals surface area contributed by atoms with Gasteiger partial charge in [-0.2, -0.15) is 0 Å². The predicted octanol–water partition coefficient (Wildman–Crippen LogP) is 1.73. The number of carbonyl (C=O) groups excluding carboxylic acids is 1. The zero-order valence-electron chi connectivity index (χ0n) is 14.4. The standard InChI is InChI=1S/C19H23N3O3/c1-25-16-8-6-15(7-9-16)14-21-10-3-11-22(13-12-21)19(24)17-4-2-5-18(23)20-17/h2,4-9H,3,10-14H2,1H3,(H,20,23). The van der Waals surface area contributed by atoms with Crippen LogP contribution in [0.2, 0.25) is 0 Å². The van der Waals surface area contributed by atoms with Gasteiger partial charge in [0.15, 0.2) is 0 Å². The molecule has 1 aromatic heterocycles. The van der Waals surface area contributed by atoms with E-state index in [0.29, 0.717) is 18.8 Å². The maximum absolute atomic E-state index is 12.6. The highest BCUT2D eigenvalue weighted by Crippen LogP contribution is 2.14. The minimum absolute atomic E-state index is 0.107. The molecule has 1 saturated heterocycles. The Kier molecular flexibility index (Phi) is 5.50. The molecule has 0 unspecified atom stereocenters. The first-order chi connectivity index (χ1) is 12.2. The molecule has 2 heterocycles. The molecule has 1 aliphatic heterocycles. The number of methoxy groups -OCH3 is 1. The number of carbonyl (C=O) groups is 1. The molecule has 0 atom stereocenters. The van der Waals surface area contributed by atoms with Crippen molar-refractivity contribution in [1.29, 1.82) is 0 Å². The topological polar surface area (TPSA) is 65.6 Å². The van der Waals surface area contributed by atoms with Gasteiger partial charge in [0.25, 0.3) is 5.91 Å². The van der Waals surface area contributed by atoms with Crippen LogP contribution in [0.15, 0.2) is 47.3 Å². The molecule has 25 heavy (non-hydrogen) atoms. The van der Waals surface area contributed by atoms with Crippen molar-refractivity contribution in [3.05, 3.63) is 64.1 Å². The van der Waals surface area contributed by atoms with E-state index in [0.717, 1.165) is 31.8 Å². The number of ether oxygens (including phenoxy) is 1. The van der Waals surface area contributed by atoms with Crippen LogP contribution in [0.1, 0.15) is 22.5 Å². The highest BCUT2D eigenvalue weighted by Gasteiger charge is 2.20. The Bertz CT molecular complexity index is 770. The number of rotatable bonds is 4. The predicted molar refractivity (Wildman–Crippen MR) is 95.9 cm³/mol. The molecule has 1 N–H and O–H groups in total. The lowest BCUT2D eigenvalue weighted by Crippen LogP contribution is -2.36.